The Morgan fingerprint density at radius 1 is 1.50 bits per heavy atom. The zero-order valence-electron chi connectivity index (χ0n) is 11.5. The van der Waals surface area contributed by atoms with Crippen LogP contribution in [-0.4, -0.2) is 59.9 Å². The molecule has 0 unspecified atom stereocenters. The third kappa shape index (κ3) is 2.98. The fourth-order valence-corrected chi connectivity index (χ4v) is 2.26. The van der Waals surface area contributed by atoms with Gasteiger partial charge in [-0.3, -0.25) is 9.59 Å². The quantitative estimate of drug-likeness (QED) is 0.255. The molecule has 1 aromatic heterocycles. The molecule has 1 aromatic rings. The van der Waals surface area contributed by atoms with Crippen molar-refractivity contribution in [3.63, 3.8) is 0 Å². The number of hydrogen-bond acceptors (Lipinski definition) is 9. The van der Waals surface area contributed by atoms with E-state index in [1.165, 1.54) is 19.6 Å². The van der Waals surface area contributed by atoms with E-state index in [9.17, 15) is 19.5 Å². The maximum atomic E-state index is 12.2. The van der Waals surface area contributed by atoms with Crippen LogP contribution in [-0.2, 0) is 24.0 Å². The summed E-state index contributed by atoms with van der Waals surface area (Å²) >= 11 is 0.899. The molecule has 2 amide bonds. The molecule has 0 aliphatic carbocycles. The predicted molar refractivity (Wildman–Crippen MR) is 73.2 cm³/mol. The Kier molecular flexibility index (Phi) is 4.56. The number of aromatic nitrogens is 1. The number of rotatable bonds is 5. The first kappa shape index (κ1) is 15.7. The number of methoxy groups -OCH3 is 1. The highest BCUT2D eigenvalue weighted by Crippen LogP contribution is 2.17. The molecule has 1 fully saturated rings. The van der Waals surface area contributed by atoms with E-state index in [4.69, 9.17) is 0 Å². The molecule has 0 aromatic carbocycles. The van der Waals surface area contributed by atoms with Crippen LogP contribution in [0.15, 0.2) is 10.5 Å². The molecule has 2 heterocycles. The zero-order valence-corrected chi connectivity index (χ0v) is 12.3. The summed E-state index contributed by atoms with van der Waals surface area (Å²) in [7, 11) is 2.40. The number of aromatic hydroxyl groups is 1. The van der Waals surface area contributed by atoms with Crippen molar-refractivity contribution in [3.05, 3.63) is 11.1 Å². The molecule has 118 valence electrons. The van der Waals surface area contributed by atoms with Gasteiger partial charge in [-0.25, -0.2) is 9.78 Å². The van der Waals surface area contributed by atoms with Gasteiger partial charge in [0.1, 0.15) is 18.8 Å². The second kappa shape index (κ2) is 6.39. The van der Waals surface area contributed by atoms with Gasteiger partial charge < -0.3 is 25.3 Å². The average molecular weight is 328 g/mol. The van der Waals surface area contributed by atoms with Crippen molar-refractivity contribution < 1.29 is 29.1 Å². The molecule has 1 aliphatic heterocycles. The molecule has 3 N–H and O–H groups in total. The molecule has 10 nitrogen and oxygen atoms in total. The minimum Gasteiger partial charge on any atom is -0.486 e. The lowest BCUT2D eigenvalue weighted by molar-refractivity contribution is -0.153. The fourth-order valence-electron chi connectivity index (χ4n) is 1.73. The predicted octanol–water partition coefficient (Wildman–Crippen LogP) is -1.64. The van der Waals surface area contributed by atoms with Crippen molar-refractivity contribution in [2.24, 2.45) is 5.16 Å². The Balaban J connectivity index is 2.14. The summed E-state index contributed by atoms with van der Waals surface area (Å²) in [6.07, 6.45) is 0. The highest BCUT2D eigenvalue weighted by molar-refractivity contribution is 7.11. The van der Waals surface area contributed by atoms with Crippen LogP contribution in [0.3, 0.4) is 0 Å². The van der Waals surface area contributed by atoms with Gasteiger partial charge >= 0.3 is 5.97 Å². The van der Waals surface area contributed by atoms with E-state index in [2.05, 4.69) is 30.3 Å². The highest BCUT2D eigenvalue weighted by Gasteiger charge is 2.46. The second-order valence-corrected chi connectivity index (χ2v) is 4.93. The van der Waals surface area contributed by atoms with Gasteiger partial charge in [0.15, 0.2) is 11.8 Å². The zero-order chi connectivity index (χ0) is 16.3. The average Bonchev–Trinajstić information content (AvgIpc) is 2.92. The topological polar surface area (TPSA) is 139 Å². The number of nitrogens with one attached hydrogen (secondary N) is 2. The van der Waals surface area contributed by atoms with Gasteiger partial charge in [-0.1, -0.05) is 16.5 Å². The van der Waals surface area contributed by atoms with Gasteiger partial charge in [0.25, 0.3) is 11.1 Å². The van der Waals surface area contributed by atoms with Crippen LogP contribution in [0.25, 0.3) is 0 Å². The lowest BCUT2D eigenvalue weighted by Gasteiger charge is -2.34. The van der Waals surface area contributed by atoms with Gasteiger partial charge in [-0.05, 0) is 0 Å². The number of amides is 2. The Morgan fingerprint density at radius 2 is 2.23 bits per heavy atom. The number of carbonyl (C=O) groups excluding carboxylic acids is 3. The van der Waals surface area contributed by atoms with Crippen LogP contribution in [0.4, 0.5) is 0 Å². The molecule has 0 radical (unpaired) electrons. The van der Waals surface area contributed by atoms with Crippen molar-refractivity contribution in [1.82, 2.24) is 15.6 Å². The van der Waals surface area contributed by atoms with Gasteiger partial charge in [0.05, 0.1) is 7.11 Å². The summed E-state index contributed by atoms with van der Waals surface area (Å²) in [6.45, 7) is 0. The Morgan fingerprint density at radius 3 is 2.73 bits per heavy atom. The van der Waals surface area contributed by atoms with Crippen LogP contribution in [0, 0.1) is 0 Å². The lowest BCUT2D eigenvalue weighted by atomic mass is 9.99. The number of hydrogen-bond donors (Lipinski definition) is 3. The van der Waals surface area contributed by atoms with Crippen molar-refractivity contribution >= 4 is 34.8 Å². The summed E-state index contributed by atoms with van der Waals surface area (Å²) < 4.78 is 4.51. The van der Waals surface area contributed by atoms with Crippen LogP contribution < -0.4 is 10.6 Å². The van der Waals surface area contributed by atoms with Gasteiger partial charge in [0.2, 0.25) is 5.91 Å². The van der Waals surface area contributed by atoms with Gasteiger partial charge in [0, 0.05) is 5.38 Å². The SMILES string of the molecule is CO/N=C(\C(=O)N[C@H]1C(=O)N[C@H]1C(=O)OC)c1csc(O)n1. The number of β-lactam (4-membered cyclic amide) rings is 1. The second-order valence-electron chi connectivity index (χ2n) is 4.10. The maximum Gasteiger partial charge on any atom is 0.331 e. The van der Waals surface area contributed by atoms with E-state index >= 15 is 0 Å². The van der Waals surface area contributed by atoms with E-state index in [1.54, 1.807) is 0 Å². The molecule has 11 heteroatoms. The standard InChI is InChI=1S/C11H12N4O6S/c1-20-10(18)7-6(9(17)14-7)13-8(16)5(15-21-2)4-3-22-11(19)12-4/h3,6-7H,1-2H3,(H,12,19)(H,13,16)(H,14,17)/b15-5-/t6-,7-/m1/s1. The number of carbonyl (C=O) groups is 3. The molecule has 2 atom stereocenters. The fraction of sp³-hybridized carbons (Fsp3) is 0.364. The van der Waals surface area contributed by atoms with Crippen molar-refractivity contribution in [2.45, 2.75) is 12.1 Å². The number of nitrogens with zero attached hydrogens (tertiary/aromatic N) is 2. The molecule has 0 spiro atoms. The van der Waals surface area contributed by atoms with E-state index in [1.807, 2.05) is 0 Å². The molecule has 0 bridgehead atoms. The van der Waals surface area contributed by atoms with Crippen LogP contribution in [0.1, 0.15) is 5.69 Å². The van der Waals surface area contributed by atoms with Gasteiger partial charge in [-0.15, -0.1) is 0 Å². The van der Waals surface area contributed by atoms with Gasteiger partial charge in [-0.2, -0.15) is 0 Å². The van der Waals surface area contributed by atoms with E-state index in [0.29, 0.717) is 0 Å². The Labute approximate surface area is 128 Å². The highest BCUT2D eigenvalue weighted by atomic mass is 32.1. The first-order chi connectivity index (χ1) is 10.5. The lowest BCUT2D eigenvalue weighted by Crippen LogP contribution is -2.72. The van der Waals surface area contributed by atoms with Crippen molar-refractivity contribution in [3.8, 4) is 5.19 Å². The number of ether oxygens (including phenoxy) is 1. The Hall–Kier alpha value is -2.69. The Bertz CT molecular complexity index is 642. The maximum absolute atomic E-state index is 12.2. The number of esters is 1. The molecule has 0 saturated carbocycles. The molecule has 1 aliphatic rings. The number of thiazole rings is 1. The van der Waals surface area contributed by atoms with Crippen molar-refractivity contribution in [1.29, 1.82) is 0 Å². The third-order valence-electron chi connectivity index (χ3n) is 2.79. The van der Waals surface area contributed by atoms with E-state index in [-0.39, 0.29) is 16.6 Å². The van der Waals surface area contributed by atoms with Crippen LogP contribution in [0.2, 0.25) is 0 Å². The minimum atomic E-state index is -1.07. The van der Waals surface area contributed by atoms with Crippen LogP contribution >= 0.6 is 11.3 Å². The third-order valence-corrected chi connectivity index (χ3v) is 3.43. The molecule has 1 saturated heterocycles. The van der Waals surface area contributed by atoms with E-state index in [0.717, 1.165) is 11.3 Å². The minimum absolute atomic E-state index is 0.0798. The summed E-state index contributed by atoms with van der Waals surface area (Å²) in [5, 5.41) is 18.6. The monoisotopic (exact) mass is 328 g/mol. The summed E-state index contributed by atoms with van der Waals surface area (Å²) in [5.74, 6) is -1.98. The normalized spacial score (nSPS) is 20.6. The van der Waals surface area contributed by atoms with E-state index < -0.39 is 29.9 Å². The summed E-state index contributed by atoms with van der Waals surface area (Å²) in [5.41, 5.74) is -0.154. The van der Waals surface area contributed by atoms with Crippen LogP contribution in [0.5, 0.6) is 5.19 Å². The first-order valence-electron chi connectivity index (χ1n) is 5.93. The number of oxime groups is 1. The smallest absolute Gasteiger partial charge is 0.331 e. The molecular formula is C11H12N4O6S. The molecule has 22 heavy (non-hydrogen) atoms. The molecular weight excluding hydrogens is 316 g/mol. The van der Waals surface area contributed by atoms with Crippen molar-refractivity contribution in [2.75, 3.05) is 14.2 Å². The summed E-state index contributed by atoms with van der Waals surface area (Å²) in [4.78, 5) is 43.3. The summed E-state index contributed by atoms with van der Waals surface area (Å²) in [6, 6.07) is -2.04. The molecule has 2 rings (SSSR count). The largest absolute Gasteiger partial charge is 0.486 e. The first-order valence-corrected chi connectivity index (χ1v) is 6.81.